The molecule has 1 amide bonds. The van der Waals surface area contributed by atoms with E-state index in [4.69, 9.17) is 4.99 Å². The lowest BCUT2D eigenvalue weighted by atomic mass is 10.0. The molecule has 4 heteroatoms. The van der Waals surface area contributed by atoms with Crippen molar-refractivity contribution in [1.82, 2.24) is 5.32 Å². The van der Waals surface area contributed by atoms with Gasteiger partial charge in [-0.3, -0.25) is 9.28 Å². The first-order valence-corrected chi connectivity index (χ1v) is 11.4. The molecule has 4 nitrogen and oxygen atoms in total. The van der Waals surface area contributed by atoms with Crippen molar-refractivity contribution >= 4 is 11.7 Å². The predicted molar refractivity (Wildman–Crippen MR) is 117 cm³/mol. The largest absolute Gasteiger partial charge is 0.307 e. The van der Waals surface area contributed by atoms with Gasteiger partial charge in [0.15, 0.2) is 12.0 Å². The van der Waals surface area contributed by atoms with Gasteiger partial charge in [-0.05, 0) is 33.1 Å². The van der Waals surface area contributed by atoms with Crippen LogP contribution in [0.2, 0.25) is 0 Å². The fraction of sp³-hybridized carbons (Fsp3) is 0.826. The smallest absolute Gasteiger partial charge is 0.221 e. The van der Waals surface area contributed by atoms with Crippen molar-refractivity contribution in [1.29, 1.82) is 0 Å². The number of amidine groups is 1. The van der Waals surface area contributed by atoms with Gasteiger partial charge in [0.1, 0.15) is 6.54 Å². The molecule has 1 rings (SSSR count). The number of hydrogen-bond donors (Lipinski definition) is 1. The molecule has 0 aliphatic carbocycles. The first-order valence-electron chi connectivity index (χ1n) is 11.4. The molecule has 2 unspecified atom stereocenters. The molecular formula is C23H44N3O+. The first-order chi connectivity index (χ1) is 13.1. The number of nitrogens with zero attached hydrogens (tertiary/aromatic N) is 2. The SMILES string of the molecule is C/C=C/CCCCCCCCCCCC1=NCC[N+]1(CC)C(C)NC(C)=O. The molecule has 0 spiro atoms. The summed E-state index contributed by atoms with van der Waals surface area (Å²) in [4.78, 5) is 16.3. The molecule has 0 bridgehead atoms. The number of allylic oxidation sites excluding steroid dienone is 2. The Morgan fingerprint density at radius 1 is 1.11 bits per heavy atom. The van der Waals surface area contributed by atoms with Gasteiger partial charge >= 0.3 is 0 Å². The molecule has 0 aromatic rings. The lowest BCUT2D eigenvalue weighted by Crippen LogP contribution is -2.62. The number of unbranched alkanes of at least 4 members (excludes halogenated alkanes) is 9. The van der Waals surface area contributed by atoms with Gasteiger partial charge in [0.25, 0.3) is 0 Å². The Morgan fingerprint density at radius 2 is 1.70 bits per heavy atom. The fourth-order valence-corrected chi connectivity index (χ4v) is 4.33. The summed E-state index contributed by atoms with van der Waals surface area (Å²) in [6.07, 6.45) is 19.1. The average Bonchev–Trinajstić information content (AvgIpc) is 3.06. The van der Waals surface area contributed by atoms with Crippen molar-refractivity contribution in [3.8, 4) is 0 Å². The Balaban J connectivity index is 2.15. The molecule has 27 heavy (non-hydrogen) atoms. The van der Waals surface area contributed by atoms with Crippen molar-refractivity contribution in [2.75, 3.05) is 19.6 Å². The fourth-order valence-electron chi connectivity index (χ4n) is 4.33. The van der Waals surface area contributed by atoms with Crippen LogP contribution in [-0.4, -0.2) is 42.0 Å². The van der Waals surface area contributed by atoms with E-state index in [9.17, 15) is 4.79 Å². The number of aliphatic imine (C=N–C) groups is 1. The van der Waals surface area contributed by atoms with Crippen LogP contribution in [0.15, 0.2) is 17.1 Å². The minimum atomic E-state index is 0.0570. The molecular weight excluding hydrogens is 334 g/mol. The second-order valence-corrected chi connectivity index (χ2v) is 8.04. The van der Waals surface area contributed by atoms with Crippen LogP contribution in [0.5, 0.6) is 0 Å². The summed E-state index contributed by atoms with van der Waals surface area (Å²) in [5, 5.41) is 3.10. The maximum Gasteiger partial charge on any atom is 0.221 e. The third-order valence-electron chi connectivity index (χ3n) is 6.03. The number of likely N-dealkylation sites (N-methyl/N-ethyl adjacent to an activating group) is 1. The Hall–Kier alpha value is -1.16. The molecule has 1 aliphatic heterocycles. The average molecular weight is 379 g/mol. The predicted octanol–water partition coefficient (Wildman–Crippen LogP) is 5.58. The first kappa shape index (κ1) is 23.9. The van der Waals surface area contributed by atoms with Crippen molar-refractivity contribution in [2.24, 2.45) is 4.99 Å². The van der Waals surface area contributed by atoms with E-state index in [1.807, 2.05) is 0 Å². The summed E-state index contributed by atoms with van der Waals surface area (Å²) < 4.78 is 0.854. The van der Waals surface area contributed by atoms with Crippen molar-refractivity contribution in [3.05, 3.63) is 12.2 Å². The van der Waals surface area contributed by atoms with Gasteiger partial charge in [0, 0.05) is 20.3 Å². The zero-order chi connectivity index (χ0) is 20.0. The van der Waals surface area contributed by atoms with E-state index in [0.29, 0.717) is 0 Å². The minimum absolute atomic E-state index is 0.0570. The highest BCUT2D eigenvalue weighted by Crippen LogP contribution is 2.23. The highest BCUT2D eigenvalue weighted by Gasteiger charge is 2.41. The summed E-state index contributed by atoms with van der Waals surface area (Å²) in [6, 6.07) is 0. The van der Waals surface area contributed by atoms with E-state index in [2.05, 4.69) is 38.2 Å². The van der Waals surface area contributed by atoms with Gasteiger partial charge in [-0.25, -0.2) is 4.99 Å². The Morgan fingerprint density at radius 3 is 2.26 bits per heavy atom. The Labute approximate surface area is 168 Å². The van der Waals surface area contributed by atoms with E-state index in [-0.39, 0.29) is 12.1 Å². The summed E-state index contributed by atoms with van der Waals surface area (Å²) in [5.74, 6) is 1.36. The molecule has 2 atom stereocenters. The third-order valence-corrected chi connectivity index (χ3v) is 6.03. The summed E-state index contributed by atoms with van der Waals surface area (Å²) >= 11 is 0. The normalized spacial score (nSPS) is 20.8. The molecule has 0 aromatic carbocycles. The van der Waals surface area contributed by atoms with Crippen molar-refractivity contribution in [2.45, 2.75) is 104 Å². The van der Waals surface area contributed by atoms with Crippen LogP contribution >= 0.6 is 0 Å². The van der Waals surface area contributed by atoms with Crippen molar-refractivity contribution < 1.29 is 9.28 Å². The van der Waals surface area contributed by atoms with Gasteiger partial charge in [0.05, 0.1) is 13.1 Å². The number of rotatable bonds is 15. The van der Waals surface area contributed by atoms with E-state index >= 15 is 0 Å². The molecule has 1 N–H and O–H groups in total. The second kappa shape index (κ2) is 13.9. The van der Waals surface area contributed by atoms with Gasteiger partial charge in [-0.15, -0.1) is 0 Å². The summed E-state index contributed by atoms with van der Waals surface area (Å²) in [7, 11) is 0. The van der Waals surface area contributed by atoms with Gasteiger partial charge in [-0.2, -0.15) is 0 Å². The monoisotopic (exact) mass is 378 g/mol. The number of quaternary nitrogens is 1. The molecule has 0 fully saturated rings. The quantitative estimate of drug-likeness (QED) is 0.225. The van der Waals surface area contributed by atoms with E-state index in [1.54, 1.807) is 6.92 Å². The standard InChI is InChI=1S/C23H43N3O/c1-5-7-8-9-10-11-12-13-14-15-16-17-18-23-24-19-20-26(23,6-2)21(3)25-22(4)27/h5,7,21H,6,8-20H2,1-4H3/p+1/b7-5+. The van der Waals surface area contributed by atoms with Crippen LogP contribution < -0.4 is 5.32 Å². The van der Waals surface area contributed by atoms with Gasteiger partial charge in [0.2, 0.25) is 5.91 Å². The lowest BCUT2D eigenvalue weighted by Gasteiger charge is -2.39. The molecule has 0 aromatic heterocycles. The summed E-state index contributed by atoms with van der Waals surface area (Å²) in [6.45, 7) is 11.0. The minimum Gasteiger partial charge on any atom is -0.307 e. The number of carbonyl (C=O) groups excluding carboxylic acids is 1. The number of nitrogens with one attached hydrogen (secondary N) is 1. The van der Waals surface area contributed by atoms with E-state index < -0.39 is 0 Å². The van der Waals surface area contributed by atoms with Crippen LogP contribution in [0, 0.1) is 0 Å². The Bertz CT molecular complexity index is 472. The molecule has 0 saturated carbocycles. The highest BCUT2D eigenvalue weighted by atomic mass is 16.1. The molecule has 1 aliphatic rings. The van der Waals surface area contributed by atoms with Crippen LogP contribution in [0.4, 0.5) is 0 Å². The van der Waals surface area contributed by atoms with E-state index in [0.717, 1.165) is 30.5 Å². The van der Waals surface area contributed by atoms with Gasteiger partial charge < -0.3 is 5.32 Å². The molecule has 1 heterocycles. The number of amides is 1. The van der Waals surface area contributed by atoms with Crippen LogP contribution in [0.25, 0.3) is 0 Å². The van der Waals surface area contributed by atoms with Crippen molar-refractivity contribution in [3.63, 3.8) is 0 Å². The van der Waals surface area contributed by atoms with E-state index in [1.165, 1.54) is 70.0 Å². The third kappa shape index (κ3) is 8.59. The maximum atomic E-state index is 11.5. The van der Waals surface area contributed by atoms with Crippen LogP contribution in [-0.2, 0) is 4.79 Å². The maximum absolute atomic E-state index is 11.5. The zero-order valence-corrected chi connectivity index (χ0v) is 18.4. The number of carbonyl (C=O) groups is 1. The zero-order valence-electron chi connectivity index (χ0n) is 18.4. The van der Waals surface area contributed by atoms with Gasteiger partial charge in [-0.1, -0.05) is 57.1 Å². The molecule has 156 valence electrons. The molecule has 0 radical (unpaired) electrons. The number of hydrogen-bond acceptors (Lipinski definition) is 2. The Kier molecular flexibility index (Phi) is 12.3. The van der Waals surface area contributed by atoms with Crippen LogP contribution in [0.1, 0.15) is 98.3 Å². The second-order valence-electron chi connectivity index (χ2n) is 8.04. The van der Waals surface area contributed by atoms with Crippen LogP contribution in [0.3, 0.4) is 0 Å². The lowest BCUT2D eigenvalue weighted by molar-refractivity contribution is -0.861. The molecule has 0 saturated heterocycles. The highest BCUT2D eigenvalue weighted by molar-refractivity contribution is 5.78. The summed E-state index contributed by atoms with van der Waals surface area (Å²) in [5.41, 5.74) is 0. The topological polar surface area (TPSA) is 41.5 Å².